The van der Waals surface area contributed by atoms with Crippen molar-refractivity contribution >= 4 is 40.0 Å². The first kappa shape index (κ1) is 15.7. The van der Waals surface area contributed by atoms with Crippen molar-refractivity contribution in [2.45, 2.75) is 31.8 Å². The number of nitrogens with one attached hydrogen (secondary N) is 2. The number of benzene rings is 1. The Hall–Kier alpha value is -1.23. The maximum Gasteiger partial charge on any atom is 0.269 e. The van der Waals surface area contributed by atoms with E-state index in [1.54, 1.807) is 18.2 Å². The van der Waals surface area contributed by atoms with Crippen molar-refractivity contribution in [1.82, 2.24) is 10.3 Å². The minimum atomic E-state index is -0.241. The van der Waals surface area contributed by atoms with E-state index >= 15 is 0 Å². The molecule has 2 unspecified atom stereocenters. The lowest BCUT2D eigenvalue weighted by Gasteiger charge is -2.25. The van der Waals surface area contributed by atoms with Gasteiger partial charge in [0.1, 0.15) is 5.69 Å². The molecule has 1 amide bonds. The standard InChI is InChI=1S/C16H18Cl2N2O2/c17-10-4-5-13-12(7-10)14(18)15(20-13)16(22)19-8-9-2-1-3-11(21)6-9/h4-5,7,9,11,20-21H,1-3,6,8H2,(H,19,22). The van der Waals surface area contributed by atoms with Crippen molar-refractivity contribution in [3.8, 4) is 0 Å². The van der Waals surface area contributed by atoms with E-state index in [4.69, 9.17) is 23.2 Å². The zero-order valence-corrected chi connectivity index (χ0v) is 13.5. The minimum absolute atomic E-state index is 0.225. The number of amides is 1. The van der Waals surface area contributed by atoms with Gasteiger partial charge in [-0.3, -0.25) is 4.79 Å². The van der Waals surface area contributed by atoms with Crippen molar-refractivity contribution < 1.29 is 9.90 Å². The molecule has 0 spiro atoms. The fraction of sp³-hybridized carbons (Fsp3) is 0.438. The zero-order valence-electron chi connectivity index (χ0n) is 12.0. The highest BCUT2D eigenvalue weighted by molar-refractivity contribution is 6.39. The van der Waals surface area contributed by atoms with Gasteiger partial charge in [0.15, 0.2) is 0 Å². The van der Waals surface area contributed by atoms with E-state index in [1.165, 1.54) is 0 Å². The van der Waals surface area contributed by atoms with Gasteiger partial charge in [-0.25, -0.2) is 0 Å². The summed E-state index contributed by atoms with van der Waals surface area (Å²) in [5, 5.41) is 14.3. The van der Waals surface area contributed by atoms with Crippen LogP contribution in [-0.4, -0.2) is 28.6 Å². The number of aromatic nitrogens is 1. The Balaban J connectivity index is 1.71. The summed E-state index contributed by atoms with van der Waals surface area (Å²) in [7, 11) is 0. The molecule has 2 aromatic rings. The summed E-state index contributed by atoms with van der Waals surface area (Å²) in [4.78, 5) is 15.4. The molecular weight excluding hydrogens is 323 g/mol. The van der Waals surface area contributed by atoms with Crippen LogP contribution in [0.15, 0.2) is 18.2 Å². The van der Waals surface area contributed by atoms with Crippen LogP contribution in [0.1, 0.15) is 36.2 Å². The van der Waals surface area contributed by atoms with Gasteiger partial charge < -0.3 is 15.4 Å². The predicted molar refractivity (Wildman–Crippen MR) is 88.6 cm³/mol. The maximum absolute atomic E-state index is 12.3. The fourth-order valence-electron chi connectivity index (χ4n) is 3.06. The first-order valence-electron chi connectivity index (χ1n) is 7.47. The molecule has 1 aliphatic carbocycles. The van der Waals surface area contributed by atoms with Gasteiger partial charge in [0.2, 0.25) is 0 Å². The van der Waals surface area contributed by atoms with Gasteiger partial charge in [-0.2, -0.15) is 0 Å². The topological polar surface area (TPSA) is 65.1 Å². The van der Waals surface area contributed by atoms with Gasteiger partial charge in [-0.15, -0.1) is 0 Å². The molecule has 1 fully saturated rings. The van der Waals surface area contributed by atoms with Crippen molar-refractivity contribution in [3.05, 3.63) is 33.9 Å². The molecule has 6 heteroatoms. The molecular formula is C16H18Cl2N2O2. The Morgan fingerprint density at radius 3 is 2.95 bits per heavy atom. The Kier molecular flexibility index (Phi) is 4.62. The summed E-state index contributed by atoms with van der Waals surface area (Å²) < 4.78 is 0. The van der Waals surface area contributed by atoms with E-state index < -0.39 is 0 Å². The molecule has 3 N–H and O–H groups in total. The smallest absolute Gasteiger partial charge is 0.269 e. The molecule has 118 valence electrons. The molecule has 0 radical (unpaired) electrons. The average molecular weight is 341 g/mol. The molecule has 1 saturated carbocycles. The van der Waals surface area contributed by atoms with Crippen LogP contribution in [0.5, 0.6) is 0 Å². The van der Waals surface area contributed by atoms with Crippen molar-refractivity contribution in [3.63, 3.8) is 0 Å². The van der Waals surface area contributed by atoms with Crippen LogP contribution in [0.2, 0.25) is 10.0 Å². The second-order valence-corrected chi connectivity index (χ2v) is 6.71. The molecule has 1 aromatic carbocycles. The lowest BCUT2D eigenvalue weighted by molar-refractivity contribution is 0.0871. The van der Waals surface area contributed by atoms with Crippen LogP contribution in [0.3, 0.4) is 0 Å². The molecule has 0 aliphatic heterocycles. The highest BCUT2D eigenvalue weighted by atomic mass is 35.5. The zero-order chi connectivity index (χ0) is 15.7. The average Bonchev–Trinajstić information content (AvgIpc) is 2.82. The number of aromatic amines is 1. The van der Waals surface area contributed by atoms with E-state index in [0.717, 1.165) is 36.6 Å². The number of H-pyrrole nitrogens is 1. The molecule has 2 atom stereocenters. The molecule has 1 heterocycles. The van der Waals surface area contributed by atoms with Crippen LogP contribution in [0.25, 0.3) is 10.9 Å². The van der Waals surface area contributed by atoms with Crippen LogP contribution < -0.4 is 5.32 Å². The van der Waals surface area contributed by atoms with Crippen molar-refractivity contribution in [2.24, 2.45) is 5.92 Å². The summed E-state index contributed by atoms with van der Waals surface area (Å²) in [5.41, 5.74) is 1.14. The summed E-state index contributed by atoms with van der Waals surface area (Å²) in [5.74, 6) is 0.0997. The van der Waals surface area contributed by atoms with Gasteiger partial charge in [0, 0.05) is 22.5 Å². The van der Waals surface area contributed by atoms with Crippen LogP contribution in [-0.2, 0) is 0 Å². The van der Waals surface area contributed by atoms with Gasteiger partial charge in [-0.05, 0) is 43.4 Å². The number of aliphatic hydroxyl groups excluding tert-OH is 1. The summed E-state index contributed by atoms with van der Waals surface area (Å²) in [6.45, 7) is 0.558. The molecule has 1 aliphatic rings. The quantitative estimate of drug-likeness (QED) is 0.796. The van der Waals surface area contributed by atoms with Gasteiger partial charge >= 0.3 is 0 Å². The summed E-state index contributed by atoms with van der Waals surface area (Å²) >= 11 is 12.2. The second-order valence-electron chi connectivity index (χ2n) is 5.90. The van der Waals surface area contributed by atoms with Crippen molar-refractivity contribution in [2.75, 3.05) is 6.54 Å². The minimum Gasteiger partial charge on any atom is -0.393 e. The monoisotopic (exact) mass is 340 g/mol. The van der Waals surface area contributed by atoms with Gasteiger partial charge in [0.25, 0.3) is 5.91 Å². The molecule has 0 bridgehead atoms. The number of rotatable bonds is 3. The lowest BCUT2D eigenvalue weighted by atomic mass is 9.87. The third-order valence-corrected chi connectivity index (χ3v) is 4.86. The second kappa shape index (κ2) is 6.49. The van der Waals surface area contributed by atoms with E-state index in [1.807, 2.05) is 0 Å². The number of aliphatic hydroxyl groups is 1. The first-order chi connectivity index (χ1) is 10.5. The summed E-state index contributed by atoms with van der Waals surface area (Å²) in [6, 6.07) is 5.30. The number of hydrogen-bond acceptors (Lipinski definition) is 2. The third-order valence-electron chi connectivity index (χ3n) is 4.23. The molecule has 3 rings (SSSR count). The van der Waals surface area contributed by atoms with Crippen LogP contribution >= 0.6 is 23.2 Å². The largest absolute Gasteiger partial charge is 0.393 e. The Morgan fingerprint density at radius 1 is 1.36 bits per heavy atom. The lowest BCUT2D eigenvalue weighted by Crippen LogP contribution is -2.33. The Labute approximate surface area is 138 Å². The summed E-state index contributed by atoms with van der Waals surface area (Å²) in [6.07, 6.45) is 3.41. The fourth-order valence-corrected chi connectivity index (χ4v) is 3.52. The number of carbonyl (C=O) groups excluding carboxylic acids is 1. The third kappa shape index (κ3) is 3.24. The van der Waals surface area contributed by atoms with E-state index in [2.05, 4.69) is 10.3 Å². The number of carbonyl (C=O) groups is 1. The van der Waals surface area contributed by atoms with Crippen LogP contribution in [0.4, 0.5) is 0 Å². The first-order valence-corrected chi connectivity index (χ1v) is 8.23. The van der Waals surface area contributed by atoms with Crippen molar-refractivity contribution in [1.29, 1.82) is 0 Å². The predicted octanol–water partition coefficient (Wildman–Crippen LogP) is 3.76. The van der Waals surface area contributed by atoms with E-state index in [-0.39, 0.29) is 12.0 Å². The van der Waals surface area contributed by atoms with Gasteiger partial charge in [0.05, 0.1) is 11.1 Å². The molecule has 0 saturated heterocycles. The van der Waals surface area contributed by atoms with E-state index in [0.29, 0.717) is 28.2 Å². The normalized spacial score (nSPS) is 22.0. The highest BCUT2D eigenvalue weighted by Crippen LogP contribution is 2.30. The molecule has 4 nitrogen and oxygen atoms in total. The van der Waals surface area contributed by atoms with Gasteiger partial charge in [-0.1, -0.05) is 29.6 Å². The Morgan fingerprint density at radius 2 is 2.18 bits per heavy atom. The maximum atomic E-state index is 12.3. The molecule has 22 heavy (non-hydrogen) atoms. The molecule has 1 aromatic heterocycles. The Bertz CT molecular complexity index is 699. The van der Waals surface area contributed by atoms with Crippen LogP contribution in [0, 0.1) is 5.92 Å². The number of halogens is 2. The van der Waals surface area contributed by atoms with E-state index in [9.17, 15) is 9.90 Å². The number of fused-ring (bicyclic) bond motifs is 1. The highest BCUT2D eigenvalue weighted by Gasteiger charge is 2.22. The SMILES string of the molecule is O=C(NCC1CCCC(O)C1)c1[nH]c2ccc(Cl)cc2c1Cl. The number of hydrogen-bond donors (Lipinski definition) is 3.